The lowest BCUT2D eigenvalue weighted by atomic mass is 9.80. The molecule has 5 heteroatoms. The van der Waals surface area contributed by atoms with Crippen molar-refractivity contribution in [2.75, 3.05) is 20.2 Å². The molecule has 2 saturated heterocycles. The first-order valence-electron chi connectivity index (χ1n) is 10.3. The number of methoxy groups -OCH3 is 1. The maximum atomic E-state index is 13.1. The van der Waals surface area contributed by atoms with E-state index in [0.717, 1.165) is 24.0 Å². The third kappa shape index (κ3) is 4.16. The molecule has 0 radical (unpaired) electrons. The van der Waals surface area contributed by atoms with Gasteiger partial charge in [0, 0.05) is 25.9 Å². The number of benzene rings is 2. The Labute approximate surface area is 172 Å². The molecule has 29 heavy (non-hydrogen) atoms. The second-order valence-electron chi connectivity index (χ2n) is 8.29. The van der Waals surface area contributed by atoms with Gasteiger partial charge in [0.05, 0.1) is 30.5 Å². The smallest absolute Gasteiger partial charge is 0.257 e. The topological polar surface area (TPSA) is 59.0 Å². The predicted octanol–water partition coefficient (Wildman–Crippen LogP) is 3.89. The van der Waals surface area contributed by atoms with Gasteiger partial charge in [0.25, 0.3) is 5.91 Å². The number of amides is 1. The Hall–Kier alpha value is -2.37. The molecule has 4 rings (SSSR count). The standard InChI is InChI=1S/C24H29NO4/c1-17-8-9-20(22(14-17)28-2)23(27)25-12-10-24(11-13-25)16-19(26)15-21(29-24)18-6-4-3-5-7-18/h3-9,14,19,21,26H,10-13,15-16H2,1-2H3/t19-,21-/m1/s1. The van der Waals surface area contributed by atoms with E-state index in [1.54, 1.807) is 7.11 Å². The summed E-state index contributed by atoms with van der Waals surface area (Å²) in [4.78, 5) is 14.9. The summed E-state index contributed by atoms with van der Waals surface area (Å²) in [6, 6.07) is 15.8. The maximum absolute atomic E-state index is 13.1. The van der Waals surface area contributed by atoms with Crippen LogP contribution in [0.25, 0.3) is 0 Å². The highest BCUT2D eigenvalue weighted by atomic mass is 16.5. The van der Waals surface area contributed by atoms with Crippen LogP contribution in [0.2, 0.25) is 0 Å². The third-order valence-electron chi connectivity index (χ3n) is 6.21. The highest BCUT2D eigenvalue weighted by Crippen LogP contribution is 2.43. The number of aliphatic hydroxyl groups excluding tert-OH is 1. The molecule has 1 amide bonds. The van der Waals surface area contributed by atoms with Gasteiger partial charge in [-0.3, -0.25) is 4.79 Å². The highest BCUT2D eigenvalue weighted by molar-refractivity contribution is 5.97. The number of aliphatic hydroxyl groups is 1. The second-order valence-corrected chi connectivity index (χ2v) is 8.29. The Morgan fingerprint density at radius 2 is 1.90 bits per heavy atom. The molecule has 2 atom stereocenters. The summed E-state index contributed by atoms with van der Waals surface area (Å²) in [6.07, 6.45) is 2.23. The molecule has 0 aromatic heterocycles. The van der Waals surface area contributed by atoms with Gasteiger partial charge in [0.15, 0.2) is 0 Å². The van der Waals surface area contributed by atoms with Crippen molar-refractivity contribution in [2.45, 2.75) is 50.4 Å². The minimum absolute atomic E-state index is 0.00679. The van der Waals surface area contributed by atoms with Crippen molar-refractivity contribution in [2.24, 2.45) is 0 Å². The van der Waals surface area contributed by atoms with Gasteiger partial charge in [-0.25, -0.2) is 0 Å². The molecule has 2 aromatic carbocycles. The molecule has 2 heterocycles. The second kappa shape index (κ2) is 8.17. The van der Waals surface area contributed by atoms with Crippen LogP contribution in [-0.2, 0) is 4.74 Å². The fourth-order valence-electron chi connectivity index (χ4n) is 4.61. The largest absolute Gasteiger partial charge is 0.496 e. The summed E-state index contributed by atoms with van der Waals surface area (Å²) >= 11 is 0. The normalized spacial score (nSPS) is 23.8. The minimum Gasteiger partial charge on any atom is -0.496 e. The molecular weight excluding hydrogens is 366 g/mol. The van der Waals surface area contributed by atoms with E-state index in [1.807, 2.05) is 48.2 Å². The zero-order valence-corrected chi connectivity index (χ0v) is 17.1. The van der Waals surface area contributed by atoms with Crippen molar-refractivity contribution in [3.63, 3.8) is 0 Å². The monoisotopic (exact) mass is 395 g/mol. The van der Waals surface area contributed by atoms with Gasteiger partial charge in [-0.2, -0.15) is 0 Å². The lowest BCUT2D eigenvalue weighted by Crippen LogP contribution is -2.52. The van der Waals surface area contributed by atoms with Crippen LogP contribution in [0.5, 0.6) is 5.75 Å². The number of hydrogen-bond acceptors (Lipinski definition) is 4. The molecule has 2 fully saturated rings. The molecule has 0 saturated carbocycles. The molecule has 1 spiro atoms. The van der Waals surface area contributed by atoms with Crippen molar-refractivity contribution in [3.8, 4) is 5.75 Å². The number of piperidine rings is 1. The number of rotatable bonds is 3. The van der Waals surface area contributed by atoms with E-state index in [4.69, 9.17) is 9.47 Å². The molecule has 1 N–H and O–H groups in total. The molecule has 0 aliphatic carbocycles. The average molecular weight is 395 g/mol. The van der Waals surface area contributed by atoms with Crippen LogP contribution in [0.3, 0.4) is 0 Å². The van der Waals surface area contributed by atoms with Crippen LogP contribution in [0.4, 0.5) is 0 Å². The summed E-state index contributed by atoms with van der Waals surface area (Å²) in [6.45, 7) is 3.21. The zero-order valence-electron chi connectivity index (χ0n) is 17.1. The minimum atomic E-state index is -0.381. The van der Waals surface area contributed by atoms with Crippen LogP contribution < -0.4 is 4.74 Å². The molecule has 2 aliphatic heterocycles. The molecule has 2 aliphatic rings. The van der Waals surface area contributed by atoms with Crippen LogP contribution >= 0.6 is 0 Å². The van der Waals surface area contributed by atoms with Gasteiger partial charge < -0.3 is 19.5 Å². The fourth-order valence-corrected chi connectivity index (χ4v) is 4.61. The van der Waals surface area contributed by atoms with Gasteiger partial charge in [-0.1, -0.05) is 36.4 Å². The first-order valence-corrected chi connectivity index (χ1v) is 10.3. The predicted molar refractivity (Wildman–Crippen MR) is 111 cm³/mol. The fraction of sp³-hybridized carbons (Fsp3) is 0.458. The maximum Gasteiger partial charge on any atom is 0.257 e. The summed E-state index contributed by atoms with van der Waals surface area (Å²) in [7, 11) is 1.59. The first-order chi connectivity index (χ1) is 14.0. The Morgan fingerprint density at radius 3 is 2.59 bits per heavy atom. The van der Waals surface area contributed by atoms with E-state index in [9.17, 15) is 9.90 Å². The van der Waals surface area contributed by atoms with E-state index in [0.29, 0.717) is 37.2 Å². The van der Waals surface area contributed by atoms with Crippen LogP contribution in [0, 0.1) is 6.92 Å². The van der Waals surface area contributed by atoms with Crippen molar-refractivity contribution in [1.82, 2.24) is 4.90 Å². The van der Waals surface area contributed by atoms with Crippen molar-refractivity contribution >= 4 is 5.91 Å². The number of carbonyl (C=O) groups excluding carboxylic acids is 1. The Kier molecular flexibility index (Phi) is 5.61. The number of carbonyl (C=O) groups is 1. The van der Waals surface area contributed by atoms with Crippen molar-refractivity contribution in [1.29, 1.82) is 0 Å². The number of hydrogen-bond donors (Lipinski definition) is 1. The van der Waals surface area contributed by atoms with Crippen molar-refractivity contribution < 1.29 is 19.4 Å². The lowest BCUT2D eigenvalue weighted by molar-refractivity contribution is -0.181. The van der Waals surface area contributed by atoms with E-state index < -0.39 is 0 Å². The third-order valence-corrected chi connectivity index (χ3v) is 6.21. The molecule has 0 bridgehead atoms. The van der Waals surface area contributed by atoms with E-state index in [-0.39, 0.29) is 23.7 Å². The van der Waals surface area contributed by atoms with Crippen LogP contribution in [0.1, 0.15) is 53.3 Å². The molecule has 154 valence electrons. The van der Waals surface area contributed by atoms with E-state index in [1.165, 1.54) is 0 Å². The Balaban J connectivity index is 1.46. The SMILES string of the molecule is COc1cc(C)ccc1C(=O)N1CCC2(CC1)C[C@H](O)C[C@H](c1ccccc1)O2. The molecular formula is C24H29NO4. The van der Waals surface area contributed by atoms with Gasteiger partial charge >= 0.3 is 0 Å². The van der Waals surface area contributed by atoms with Crippen LogP contribution in [0.15, 0.2) is 48.5 Å². The number of ether oxygens (including phenoxy) is 2. The van der Waals surface area contributed by atoms with Gasteiger partial charge in [0.1, 0.15) is 5.75 Å². The first kappa shape index (κ1) is 19.9. The summed E-state index contributed by atoms with van der Waals surface area (Å²) < 4.78 is 12.0. The number of nitrogens with zero attached hydrogens (tertiary/aromatic N) is 1. The zero-order chi connectivity index (χ0) is 20.4. The van der Waals surface area contributed by atoms with Crippen LogP contribution in [-0.4, -0.2) is 47.8 Å². The number of aryl methyl sites for hydroxylation is 1. The quantitative estimate of drug-likeness (QED) is 0.857. The average Bonchev–Trinajstić information content (AvgIpc) is 2.74. The van der Waals surface area contributed by atoms with E-state index >= 15 is 0 Å². The lowest BCUT2D eigenvalue weighted by Gasteiger charge is -2.48. The highest BCUT2D eigenvalue weighted by Gasteiger charge is 2.44. The summed E-state index contributed by atoms with van der Waals surface area (Å²) in [5.41, 5.74) is 2.40. The summed E-state index contributed by atoms with van der Waals surface area (Å²) in [5, 5.41) is 10.5. The van der Waals surface area contributed by atoms with E-state index in [2.05, 4.69) is 12.1 Å². The van der Waals surface area contributed by atoms with Gasteiger partial charge in [0.2, 0.25) is 0 Å². The number of likely N-dealkylation sites (tertiary alicyclic amines) is 1. The molecule has 2 aromatic rings. The van der Waals surface area contributed by atoms with Gasteiger partial charge in [-0.15, -0.1) is 0 Å². The van der Waals surface area contributed by atoms with Crippen molar-refractivity contribution in [3.05, 3.63) is 65.2 Å². The molecule has 5 nitrogen and oxygen atoms in total. The Morgan fingerprint density at radius 1 is 1.17 bits per heavy atom. The van der Waals surface area contributed by atoms with Gasteiger partial charge in [-0.05, 0) is 43.0 Å². The molecule has 0 unspecified atom stereocenters. The Bertz CT molecular complexity index is 858. The summed E-state index contributed by atoms with van der Waals surface area (Å²) in [5.74, 6) is 0.608.